The number of aromatic nitrogens is 1. The molecule has 1 aromatic carbocycles. The Labute approximate surface area is 140 Å². The predicted octanol–water partition coefficient (Wildman–Crippen LogP) is 2.45. The Kier molecular flexibility index (Phi) is 4.64. The molecule has 2 atom stereocenters. The molecule has 0 spiro atoms. The number of nitrogens with one attached hydrogen (secondary N) is 1. The van der Waals surface area contributed by atoms with E-state index in [2.05, 4.69) is 10.5 Å². The second-order valence-electron chi connectivity index (χ2n) is 6.17. The summed E-state index contributed by atoms with van der Waals surface area (Å²) in [5.74, 6) is -0.0916. The largest absolute Gasteiger partial charge is 0.364 e. The van der Waals surface area contributed by atoms with Crippen LogP contribution < -0.4 is 5.32 Å². The third-order valence-corrected chi connectivity index (χ3v) is 4.56. The summed E-state index contributed by atoms with van der Waals surface area (Å²) < 4.78 is 4.97. The molecule has 1 aromatic heterocycles. The van der Waals surface area contributed by atoms with Gasteiger partial charge in [0.1, 0.15) is 12.3 Å². The Balaban J connectivity index is 1.67. The van der Waals surface area contributed by atoms with Crippen LogP contribution in [-0.2, 0) is 9.59 Å². The van der Waals surface area contributed by atoms with Crippen LogP contribution in [0.1, 0.15) is 37.1 Å². The van der Waals surface area contributed by atoms with E-state index in [0.717, 1.165) is 41.6 Å². The molecule has 1 N–H and O–H groups in total. The van der Waals surface area contributed by atoms with Gasteiger partial charge in [-0.1, -0.05) is 29.4 Å². The summed E-state index contributed by atoms with van der Waals surface area (Å²) in [5.41, 5.74) is 3.85. The van der Waals surface area contributed by atoms with E-state index in [-0.39, 0.29) is 18.0 Å². The lowest BCUT2D eigenvalue weighted by Crippen LogP contribution is -2.43. The summed E-state index contributed by atoms with van der Waals surface area (Å²) in [6.45, 7) is 4.50. The predicted molar refractivity (Wildman–Crippen MR) is 89.0 cm³/mol. The first-order valence-corrected chi connectivity index (χ1v) is 8.13. The first kappa shape index (κ1) is 16.2. The van der Waals surface area contributed by atoms with E-state index in [4.69, 9.17) is 4.52 Å². The lowest BCUT2D eigenvalue weighted by Gasteiger charge is -2.22. The number of carbonyl (C=O) groups excluding carboxylic acids is 2. The molecule has 24 heavy (non-hydrogen) atoms. The number of hydrogen-bond donors (Lipinski definition) is 1. The number of aryl methyl sites for hydroxylation is 1. The van der Waals surface area contributed by atoms with Gasteiger partial charge in [0.25, 0.3) is 0 Å². The summed E-state index contributed by atoms with van der Waals surface area (Å²) in [6, 6.07) is 7.49. The molecule has 1 aliphatic rings. The zero-order valence-electron chi connectivity index (χ0n) is 13.9. The number of rotatable bonds is 5. The number of hydrogen-bond acceptors (Lipinski definition) is 4. The van der Waals surface area contributed by atoms with Gasteiger partial charge in [0.05, 0.1) is 11.7 Å². The molecular weight excluding hydrogens is 306 g/mol. The third kappa shape index (κ3) is 3.18. The molecule has 0 saturated carbocycles. The van der Waals surface area contributed by atoms with E-state index in [9.17, 15) is 9.59 Å². The maximum atomic E-state index is 12.4. The molecular formula is C18H21N3O3. The van der Waals surface area contributed by atoms with Crippen molar-refractivity contribution in [3.05, 3.63) is 41.8 Å². The molecule has 2 aromatic rings. The van der Waals surface area contributed by atoms with Crippen molar-refractivity contribution in [2.45, 2.75) is 38.8 Å². The normalized spacial score (nSPS) is 18.4. The molecule has 0 bridgehead atoms. The van der Waals surface area contributed by atoms with E-state index >= 15 is 0 Å². The Morgan fingerprint density at radius 1 is 1.42 bits per heavy atom. The number of likely N-dealkylation sites (tertiary alicyclic amines) is 1. The van der Waals surface area contributed by atoms with Crippen LogP contribution >= 0.6 is 0 Å². The molecule has 3 rings (SSSR count). The minimum absolute atomic E-state index is 0.0916. The SMILES string of the molecule is Cc1nocc1-c1ccc(C(C)NC(=O)C2CCCN2C=O)cc1. The number of amides is 2. The summed E-state index contributed by atoms with van der Waals surface area (Å²) >= 11 is 0. The number of benzene rings is 1. The molecule has 126 valence electrons. The van der Waals surface area contributed by atoms with Gasteiger partial charge in [0.2, 0.25) is 12.3 Å². The van der Waals surface area contributed by atoms with Gasteiger partial charge in [-0.2, -0.15) is 0 Å². The topological polar surface area (TPSA) is 75.4 Å². The molecule has 2 unspecified atom stereocenters. The lowest BCUT2D eigenvalue weighted by atomic mass is 10.0. The van der Waals surface area contributed by atoms with Crippen molar-refractivity contribution in [3.63, 3.8) is 0 Å². The summed E-state index contributed by atoms with van der Waals surface area (Å²) in [6.07, 6.45) is 3.99. The molecule has 1 saturated heterocycles. The van der Waals surface area contributed by atoms with Gasteiger partial charge in [0, 0.05) is 12.1 Å². The average molecular weight is 327 g/mol. The smallest absolute Gasteiger partial charge is 0.243 e. The fraction of sp³-hybridized carbons (Fsp3) is 0.389. The standard InChI is InChI=1S/C18H21N3O3/c1-12(19-18(23)17-4-3-9-21(17)11-22)14-5-7-15(8-6-14)16-10-24-20-13(16)2/h5-8,10-12,17H,3-4,9H2,1-2H3,(H,19,23). The van der Waals surface area contributed by atoms with Crippen LogP contribution in [0, 0.1) is 6.92 Å². The lowest BCUT2D eigenvalue weighted by molar-refractivity contribution is -0.131. The van der Waals surface area contributed by atoms with E-state index in [1.165, 1.54) is 0 Å². The average Bonchev–Trinajstić information content (AvgIpc) is 3.23. The highest BCUT2D eigenvalue weighted by molar-refractivity contribution is 5.84. The first-order chi connectivity index (χ1) is 11.6. The Morgan fingerprint density at radius 3 is 2.79 bits per heavy atom. The molecule has 0 radical (unpaired) electrons. The van der Waals surface area contributed by atoms with Crippen LogP contribution in [0.3, 0.4) is 0 Å². The summed E-state index contributed by atoms with van der Waals surface area (Å²) in [5, 5.41) is 6.88. The Hall–Kier alpha value is -2.63. The summed E-state index contributed by atoms with van der Waals surface area (Å²) in [4.78, 5) is 24.9. The highest BCUT2D eigenvalue weighted by atomic mass is 16.5. The molecule has 2 heterocycles. The number of carbonyl (C=O) groups is 2. The van der Waals surface area contributed by atoms with Gasteiger partial charge in [-0.25, -0.2) is 0 Å². The van der Waals surface area contributed by atoms with Crippen LogP contribution in [-0.4, -0.2) is 35.0 Å². The highest BCUT2D eigenvalue weighted by Gasteiger charge is 2.30. The second kappa shape index (κ2) is 6.86. The molecule has 0 aliphatic carbocycles. The highest BCUT2D eigenvalue weighted by Crippen LogP contribution is 2.24. The number of nitrogens with zero attached hydrogens (tertiary/aromatic N) is 2. The molecule has 6 heteroatoms. The maximum absolute atomic E-state index is 12.4. The van der Waals surface area contributed by atoms with Crippen molar-refractivity contribution >= 4 is 12.3 Å². The zero-order chi connectivity index (χ0) is 17.1. The van der Waals surface area contributed by atoms with Crippen LogP contribution in [0.4, 0.5) is 0 Å². The van der Waals surface area contributed by atoms with Gasteiger partial charge < -0.3 is 14.7 Å². The van der Waals surface area contributed by atoms with Crippen molar-refractivity contribution in [3.8, 4) is 11.1 Å². The minimum Gasteiger partial charge on any atom is -0.364 e. The van der Waals surface area contributed by atoms with Gasteiger partial charge in [-0.05, 0) is 37.8 Å². The molecule has 1 aliphatic heterocycles. The van der Waals surface area contributed by atoms with Crippen molar-refractivity contribution in [2.75, 3.05) is 6.54 Å². The quantitative estimate of drug-likeness (QED) is 0.856. The van der Waals surface area contributed by atoms with E-state index in [0.29, 0.717) is 6.54 Å². The van der Waals surface area contributed by atoms with Crippen molar-refractivity contribution in [1.82, 2.24) is 15.4 Å². The molecule has 6 nitrogen and oxygen atoms in total. The second-order valence-corrected chi connectivity index (χ2v) is 6.17. The van der Waals surface area contributed by atoms with Crippen molar-refractivity contribution in [1.29, 1.82) is 0 Å². The fourth-order valence-corrected chi connectivity index (χ4v) is 3.11. The van der Waals surface area contributed by atoms with Crippen LogP contribution in [0.2, 0.25) is 0 Å². The van der Waals surface area contributed by atoms with Crippen molar-refractivity contribution in [2.24, 2.45) is 0 Å². The van der Waals surface area contributed by atoms with Gasteiger partial charge in [-0.3, -0.25) is 9.59 Å². The van der Waals surface area contributed by atoms with Gasteiger partial charge >= 0.3 is 0 Å². The summed E-state index contributed by atoms with van der Waals surface area (Å²) in [7, 11) is 0. The minimum atomic E-state index is -0.344. The first-order valence-electron chi connectivity index (χ1n) is 8.13. The molecule has 1 fully saturated rings. The Morgan fingerprint density at radius 2 is 2.17 bits per heavy atom. The van der Waals surface area contributed by atoms with Crippen LogP contribution in [0.25, 0.3) is 11.1 Å². The fourth-order valence-electron chi connectivity index (χ4n) is 3.11. The van der Waals surface area contributed by atoms with Gasteiger partial charge in [0.15, 0.2) is 0 Å². The van der Waals surface area contributed by atoms with Crippen LogP contribution in [0.15, 0.2) is 35.1 Å². The van der Waals surface area contributed by atoms with Crippen molar-refractivity contribution < 1.29 is 14.1 Å². The maximum Gasteiger partial charge on any atom is 0.243 e. The Bertz CT molecular complexity index is 723. The third-order valence-electron chi connectivity index (χ3n) is 4.56. The van der Waals surface area contributed by atoms with E-state index in [1.807, 2.05) is 38.1 Å². The zero-order valence-corrected chi connectivity index (χ0v) is 13.9. The van der Waals surface area contributed by atoms with E-state index in [1.54, 1.807) is 11.2 Å². The van der Waals surface area contributed by atoms with Gasteiger partial charge in [-0.15, -0.1) is 0 Å². The van der Waals surface area contributed by atoms with Crippen LogP contribution in [0.5, 0.6) is 0 Å². The molecule has 2 amide bonds. The van der Waals surface area contributed by atoms with E-state index < -0.39 is 0 Å². The monoisotopic (exact) mass is 327 g/mol.